The summed E-state index contributed by atoms with van der Waals surface area (Å²) < 4.78 is 52.9. The number of hydrogen-bond donors (Lipinski definition) is 3. The third kappa shape index (κ3) is 5.52. The summed E-state index contributed by atoms with van der Waals surface area (Å²) in [6.45, 7) is 2.25. The van der Waals surface area contributed by atoms with E-state index in [1.54, 1.807) is 6.07 Å². The summed E-state index contributed by atoms with van der Waals surface area (Å²) in [6, 6.07) is 3.44. The van der Waals surface area contributed by atoms with E-state index in [1.807, 2.05) is 13.1 Å². The van der Waals surface area contributed by atoms with Crippen molar-refractivity contribution in [3.63, 3.8) is 0 Å². The van der Waals surface area contributed by atoms with Crippen LogP contribution in [-0.2, 0) is 56.6 Å². The van der Waals surface area contributed by atoms with E-state index < -0.39 is 65.7 Å². The van der Waals surface area contributed by atoms with Crippen LogP contribution >= 0.6 is 0 Å². The van der Waals surface area contributed by atoms with Gasteiger partial charge in [-0.1, -0.05) is 12.1 Å². The highest BCUT2D eigenvalue weighted by Gasteiger charge is 2.72. The second-order valence-electron chi connectivity index (χ2n) is 10.9. The molecule has 2 bridgehead atoms. The van der Waals surface area contributed by atoms with Gasteiger partial charge in [0, 0.05) is 37.4 Å². The zero-order valence-electron chi connectivity index (χ0n) is 23.8. The van der Waals surface area contributed by atoms with Gasteiger partial charge in [-0.05, 0) is 38.1 Å². The summed E-state index contributed by atoms with van der Waals surface area (Å²) in [5.41, 5.74) is -0.00318. The van der Waals surface area contributed by atoms with E-state index in [-0.39, 0.29) is 24.8 Å². The number of esters is 3. The Kier molecular flexibility index (Phi) is 8.83. The lowest BCUT2D eigenvalue weighted by atomic mass is 9.50. The maximum atomic E-state index is 13.3. The number of likely N-dealkylation sites (tertiary alicyclic amines) is 1. The summed E-state index contributed by atoms with van der Waals surface area (Å²) in [5, 5.41) is 31.8. The van der Waals surface area contributed by atoms with Gasteiger partial charge in [-0.2, -0.15) is 13.2 Å². The van der Waals surface area contributed by atoms with Crippen LogP contribution in [0.2, 0.25) is 0 Å². The smallest absolute Gasteiger partial charge is 0.446 e. The van der Waals surface area contributed by atoms with Gasteiger partial charge in [0.1, 0.15) is 11.5 Å². The van der Waals surface area contributed by atoms with E-state index in [1.165, 1.54) is 6.08 Å². The minimum Gasteiger partial charge on any atom is -0.481 e. The van der Waals surface area contributed by atoms with E-state index in [0.717, 1.165) is 25.0 Å². The zero-order valence-corrected chi connectivity index (χ0v) is 23.8. The number of carboxylic acids is 1. The Morgan fingerprint density at radius 2 is 1.77 bits per heavy atom. The molecule has 0 amide bonds. The molecule has 2 heterocycles. The highest BCUT2D eigenvalue weighted by atomic mass is 19.4. The van der Waals surface area contributed by atoms with Crippen LogP contribution in [0.15, 0.2) is 24.0 Å². The molecular formula is C28H30F3NO12. The number of ether oxygens (including phenoxy) is 4. The molecule has 240 valence electrons. The molecule has 44 heavy (non-hydrogen) atoms. The number of aliphatic carboxylic acids is 1. The Bertz CT molecular complexity index is 1410. The Labute approximate surface area is 248 Å². The third-order valence-corrected chi connectivity index (χ3v) is 8.31. The maximum Gasteiger partial charge on any atom is 0.446 e. The number of hydrogen-bond acceptors (Lipinski definition) is 12. The molecule has 0 radical (unpaired) electrons. The van der Waals surface area contributed by atoms with Gasteiger partial charge in [-0.15, -0.1) is 0 Å². The quantitative estimate of drug-likeness (QED) is 0.218. The van der Waals surface area contributed by atoms with Gasteiger partial charge < -0.3 is 39.2 Å². The summed E-state index contributed by atoms with van der Waals surface area (Å²) in [7, 11) is 1.94. The van der Waals surface area contributed by atoms with Crippen molar-refractivity contribution in [3.05, 3.63) is 40.7 Å². The molecule has 1 aromatic carbocycles. The van der Waals surface area contributed by atoms with Crippen LogP contribution in [0.5, 0.6) is 5.75 Å². The van der Waals surface area contributed by atoms with Crippen molar-refractivity contribution in [3.8, 4) is 5.75 Å². The van der Waals surface area contributed by atoms with Crippen LogP contribution in [0.1, 0.15) is 43.4 Å². The molecule has 6 atom stereocenters. The number of aldehydes is 1. The van der Waals surface area contributed by atoms with Crippen molar-refractivity contribution in [2.45, 2.75) is 81.3 Å². The number of rotatable bonds is 7. The lowest BCUT2D eigenvalue weighted by Crippen LogP contribution is -2.74. The number of likely N-dealkylation sites (N-methyl/N-ethyl adjacent to an activating group) is 1. The molecule has 3 N–H and O–H groups in total. The standard InChI is InChI=1S/C26H29NO11.C2HF3O/c1-12(29)35-20(23(31)32)21(36-13(2)30)24(33)37-16-6-7-26(34)17-10-14-4-5-15(11-28)19-18(14)25(26,22(16)38-19)8-9-27(17)3;3-2(4,5)1-6/h4-6,17,20-22,28,34H,7-11H2,1-3H3,(H,31,32);1H/t17-,20-,21-,22+,25+,26-;/m1./s1. The minimum atomic E-state index is -4.64. The molecule has 5 rings (SSSR count). The molecule has 16 heteroatoms. The Balaban J connectivity index is 0.000000670. The molecule has 0 aromatic heterocycles. The fourth-order valence-corrected chi connectivity index (χ4v) is 6.64. The van der Waals surface area contributed by atoms with E-state index in [0.29, 0.717) is 30.7 Å². The average Bonchev–Trinajstić information content (AvgIpc) is 3.29. The fourth-order valence-electron chi connectivity index (χ4n) is 6.64. The number of carbonyl (C=O) groups is 5. The van der Waals surface area contributed by atoms with E-state index in [9.17, 15) is 47.7 Å². The highest BCUT2D eigenvalue weighted by molar-refractivity contribution is 5.88. The van der Waals surface area contributed by atoms with Crippen LogP contribution in [0.4, 0.5) is 13.2 Å². The number of carboxylic acid groups (broad SMARTS) is 1. The number of aliphatic hydroxyl groups is 2. The van der Waals surface area contributed by atoms with Gasteiger partial charge in [-0.25, -0.2) is 9.59 Å². The van der Waals surface area contributed by atoms with Gasteiger partial charge in [-0.3, -0.25) is 14.4 Å². The largest absolute Gasteiger partial charge is 0.481 e. The second-order valence-corrected chi connectivity index (χ2v) is 10.9. The number of alkyl halides is 3. The lowest BCUT2D eigenvalue weighted by molar-refractivity contribution is -0.190. The van der Waals surface area contributed by atoms with Crippen LogP contribution in [0.25, 0.3) is 0 Å². The monoisotopic (exact) mass is 629 g/mol. The van der Waals surface area contributed by atoms with E-state index in [2.05, 4.69) is 4.90 Å². The van der Waals surface area contributed by atoms with Crippen molar-refractivity contribution in [2.24, 2.45) is 0 Å². The topological polar surface area (TPSA) is 186 Å². The SMILES string of the molecule is CC(=O)O[C@@H](C(=O)O)[C@@H](OC(C)=O)C(=O)OC1=CC[C@@]2(O)[C@H]3Cc4ccc(CO)c5c4[C@@]2(CCN3C)[C@H]1O5.O=CC(F)(F)F. The van der Waals surface area contributed by atoms with Gasteiger partial charge in [0.2, 0.25) is 18.5 Å². The lowest BCUT2D eigenvalue weighted by Gasteiger charge is -2.61. The highest BCUT2D eigenvalue weighted by Crippen LogP contribution is 2.64. The molecule has 13 nitrogen and oxygen atoms in total. The summed E-state index contributed by atoms with van der Waals surface area (Å²) in [5.74, 6) is -4.52. The normalized spacial score (nSPS) is 27.6. The van der Waals surface area contributed by atoms with Crippen molar-refractivity contribution in [1.29, 1.82) is 0 Å². The first kappa shape index (κ1) is 32.9. The first-order valence-corrected chi connectivity index (χ1v) is 13.4. The molecule has 1 spiro atoms. The number of piperidine rings is 1. The number of halogens is 3. The predicted octanol–water partition coefficient (Wildman–Crippen LogP) is 0.695. The third-order valence-electron chi connectivity index (χ3n) is 8.31. The Morgan fingerprint density at radius 1 is 1.16 bits per heavy atom. The summed E-state index contributed by atoms with van der Waals surface area (Å²) in [4.78, 5) is 59.0. The molecule has 0 unspecified atom stereocenters. The van der Waals surface area contributed by atoms with Crippen molar-refractivity contribution in [1.82, 2.24) is 4.90 Å². The van der Waals surface area contributed by atoms with Crippen LogP contribution in [0, 0.1) is 0 Å². The zero-order chi connectivity index (χ0) is 32.8. The first-order valence-electron chi connectivity index (χ1n) is 13.4. The van der Waals surface area contributed by atoms with Crippen molar-refractivity contribution < 1.29 is 71.4 Å². The first-order chi connectivity index (χ1) is 20.5. The molecule has 1 fully saturated rings. The number of nitrogens with zero attached hydrogens (tertiary/aromatic N) is 1. The van der Waals surface area contributed by atoms with Crippen molar-refractivity contribution >= 4 is 30.2 Å². The Hall–Kier alpha value is -4.02. The van der Waals surface area contributed by atoms with Gasteiger partial charge in [0.25, 0.3) is 0 Å². The number of carbonyl (C=O) groups excluding carboxylic acids is 4. The summed E-state index contributed by atoms with van der Waals surface area (Å²) >= 11 is 0. The maximum absolute atomic E-state index is 13.3. The summed E-state index contributed by atoms with van der Waals surface area (Å²) in [6.07, 6.45) is -8.24. The predicted molar refractivity (Wildman–Crippen MR) is 138 cm³/mol. The fraction of sp³-hybridized carbons (Fsp3) is 0.536. The molecule has 4 aliphatic rings. The molecule has 2 aliphatic heterocycles. The number of aliphatic hydroxyl groups excluding tert-OH is 1. The molecule has 0 saturated carbocycles. The van der Waals surface area contributed by atoms with Crippen LogP contribution in [0.3, 0.4) is 0 Å². The number of benzene rings is 1. The second kappa shape index (κ2) is 11.8. The molecule has 1 saturated heterocycles. The van der Waals surface area contributed by atoms with Gasteiger partial charge in [0.05, 0.1) is 17.6 Å². The molecule has 1 aromatic rings. The Morgan fingerprint density at radius 3 is 2.32 bits per heavy atom. The van der Waals surface area contributed by atoms with E-state index >= 15 is 0 Å². The van der Waals surface area contributed by atoms with Crippen LogP contribution in [-0.4, -0.2) is 100 Å². The van der Waals surface area contributed by atoms with Crippen LogP contribution < -0.4 is 4.74 Å². The molecular weight excluding hydrogens is 599 g/mol. The van der Waals surface area contributed by atoms with E-state index in [4.69, 9.17) is 23.7 Å². The van der Waals surface area contributed by atoms with Gasteiger partial charge >= 0.3 is 30.1 Å². The van der Waals surface area contributed by atoms with Gasteiger partial charge in [0.15, 0.2) is 6.10 Å². The average molecular weight is 630 g/mol. The van der Waals surface area contributed by atoms with Crippen molar-refractivity contribution in [2.75, 3.05) is 13.6 Å². The minimum absolute atomic E-state index is 0.0139. The molecule has 2 aliphatic carbocycles.